The molecule has 156 valence electrons. The lowest BCUT2D eigenvalue weighted by molar-refractivity contribution is 0.0529. The molecule has 31 heavy (non-hydrogen) atoms. The van der Waals surface area contributed by atoms with Crippen molar-refractivity contribution in [3.63, 3.8) is 0 Å². The van der Waals surface area contributed by atoms with Gasteiger partial charge in [0.25, 0.3) is 0 Å². The minimum atomic E-state index is -0.439. The number of ketones is 1. The number of ether oxygens (including phenoxy) is 2. The lowest BCUT2D eigenvalue weighted by Gasteiger charge is -2.07. The molecule has 4 aromatic rings. The molecule has 5 heteroatoms. The van der Waals surface area contributed by atoms with Gasteiger partial charge in [-0.3, -0.25) is 4.79 Å². The Balaban J connectivity index is 1.78. The summed E-state index contributed by atoms with van der Waals surface area (Å²) in [5, 5.41) is 0. The van der Waals surface area contributed by atoms with Gasteiger partial charge in [-0.05, 0) is 66.9 Å². The number of nitrogens with zero attached hydrogens (tertiary/aromatic N) is 1. The van der Waals surface area contributed by atoms with Gasteiger partial charge in [-0.25, -0.2) is 4.79 Å². The summed E-state index contributed by atoms with van der Waals surface area (Å²) in [7, 11) is 1.58. The van der Waals surface area contributed by atoms with Crippen LogP contribution < -0.4 is 4.74 Å². The van der Waals surface area contributed by atoms with Gasteiger partial charge in [0.1, 0.15) is 5.75 Å². The Hall–Kier alpha value is -3.86. The minimum Gasteiger partial charge on any atom is -0.497 e. The monoisotopic (exact) mass is 413 g/mol. The van der Waals surface area contributed by atoms with E-state index in [0.717, 1.165) is 12.0 Å². The zero-order chi connectivity index (χ0) is 21.8. The molecule has 0 N–H and O–H groups in total. The summed E-state index contributed by atoms with van der Waals surface area (Å²) in [6.45, 7) is 2.03. The minimum absolute atomic E-state index is 0.177. The van der Waals surface area contributed by atoms with Crippen LogP contribution in [0.5, 0.6) is 5.75 Å². The zero-order valence-electron chi connectivity index (χ0n) is 17.5. The van der Waals surface area contributed by atoms with Crippen LogP contribution in [0.4, 0.5) is 0 Å². The summed E-state index contributed by atoms with van der Waals surface area (Å²) in [5.74, 6) is 0.0592. The topological polar surface area (TPSA) is 57.0 Å². The fraction of sp³-hybridized carbons (Fsp3) is 0.154. The van der Waals surface area contributed by atoms with E-state index in [-0.39, 0.29) is 12.4 Å². The van der Waals surface area contributed by atoms with Crippen molar-refractivity contribution in [1.29, 1.82) is 0 Å². The second-order valence-corrected chi connectivity index (χ2v) is 7.17. The molecule has 0 amide bonds. The molecule has 0 saturated heterocycles. The predicted octanol–water partition coefficient (Wildman–Crippen LogP) is 4.95. The van der Waals surface area contributed by atoms with Gasteiger partial charge in [0.15, 0.2) is 0 Å². The third kappa shape index (κ3) is 4.21. The molecule has 0 bridgehead atoms. The number of rotatable bonds is 7. The third-order valence-corrected chi connectivity index (χ3v) is 5.17. The normalized spacial score (nSPS) is 10.8. The van der Waals surface area contributed by atoms with Crippen LogP contribution in [-0.4, -0.2) is 29.9 Å². The highest BCUT2D eigenvalue weighted by Crippen LogP contribution is 2.24. The van der Waals surface area contributed by atoms with E-state index in [1.54, 1.807) is 48.8 Å². The standard InChI is InChI=1S/C26H23NO4/c1-3-31-26(29)22-17-24(25(28)20-9-11-21(30-2)12-10-20)27-14-13-19(16-23(22)27)15-18-7-5-4-6-8-18/h4-14,16-17H,3,15H2,1-2H3. The van der Waals surface area contributed by atoms with Crippen LogP contribution in [-0.2, 0) is 11.2 Å². The van der Waals surface area contributed by atoms with E-state index in [4.69, 9.17) is 9.47 Å². The molecule has 4 rings (SSSR count). The van der Waals surface area contributed by atoms with E-state index in [1.807, 2.05) is 36.5 Å². The van der Waals surface area contributed by atoms with E-state index >= 15 is 0 Å². The van der Waals surface area contributed by atoms with E-state index in [9.17, 15) is 9.59 Å². The van der Waals surface area contributed by atoms with Gasteiger partial charge < -0.3 is 13.9 Å². The van der Waals surface area contributed by atoms with E-state index in [0.29, 0.717) is 28.1 Å². The summed E-state index contributed by atoms with van der Waals surface area (Å²) in [5.41, 5.74) is 4.19. The highest BCUT2D eigenvalue weighted by molar-refractivity contribution is 6.11. The lowest BCUT2D eigenvalue weighted by atomic mass is 10.1. The first-order valence-electron chi connectivity index (χ1n) is 10.1. The highest BCUT2D eigenvalue weighted by atomic mass is 16.5. The first-order chi connectivity index (χ1) is 15.1. The number of methoxy groups -OCH3 is 1. The summed E-state index contributed by atoms with van der Waals surface area (Å²) in [4.78, 5) is 25.8. The second kappa shape index (κ2) is 8.88. The van der Waals surface area contributed by atoms with E-state index in [1.165, 1.54) is 5.56 Å². The number of aromatic nitrogens is 1. The third-order valence-electron chi connectivity index (χ3n) is 5.17. The molecule has 0 aliphatic rings. The number of carbonyl (C=O) groups excluding carboxylic acids is 2. The van der Waals surface area contributed by atoms with Crippen molar-refractivity contribution >= 4 is 17.3 Å². The lowest BCUT2D eigenvalue weighted by Crippen LogP contribution is -2.05. The van der Waals surface area contributed by atoms with Crippen molar-refractivity contribution in [2.75, 3.05) is 13.7 Å². The maximum Gasteiger partial charge on any atom is 0.340 e. The van der Waals surface area contributed by atoms with Crippen LogP contribution in [0.1, 0.15) is 44.5 Å². The van der Waals surface area contributed by atoms with Gasteiger partial charge in [-0.1, -0.05) is 30.3 Å². The van der Waals surface area contributed by atoms with Crippen LogP contribution in [0.2, 0.25) is 0 Å². The summed E-state index contributed by atoms with van der Waals surface area (Å²) >= 11 is 0. The Morgan fingerprint density at radius 3 is 2.32 bits per heavy atom. The van der Waals surface area contributed by atoms with Crippen LogP contribution in [0.25, 0.3) is 5.52 Å². The number of hydrogen-bond acceptors (Lipinski definition) is 4. The average molecular weight is 413 g/mol. The van der Waals surface area contributed by atoms with Gasteiger partial charge in [0.2, 0.25) is 5.78 Å². The number of fused-ring (bicyclic) bond motifs is 1. The molecule has 0 radical (unpaired) electrons. The number of carbonyl (C=O) groups is 2. The molecule has 0 aliphatic carbocycles. The highest BCUT2D eigenvalue weighted by Gasteiger charge is 2.21. The van der Waals surface area contributed by atoms with Crippen molar-refractivity contribution in [3.8, 4) is 5.75 Å². The fourth-order valence-corrected chi connectivity index (χ4v) is 3.62. The van der Waals surface area contributed by atoms with Crippen LogP contribution in [0.3, 0.4) is 0 Å². The molecule has 0 unspecified atom stereocenters. The van der Waals surface area contributed by atoms with Crippen molar-refractivity contribution in [1.82, 2.24) is 4.40 Å². The Morgan fingerprint density at radius 2 is 1.65 bits per heavy atom. The molecule has 0 atom stereocenters. The van der Waals surface area contributed by atoms with Gasteiger partial charge >= 0.3 is 5.97 Å². The first kappa shape index (κ1) is 20.4. The van der Waals surface area contributed by atoms with Crippen LogP contribution in [0.15, 0.2) is 79.0 Å². The molecule has 5 nitrogen and oxygen atoms in total. The molecular formula is C26H23NO4. The van der Waals surface area contributed by atoms with E-state index < -0.39 is 5.97 Å². The number of benzene rings is 2. The van der Waals surface area contributed by atoms with Crippen molar-refractivity contribution in [3.05, 3.63) is 107 Å². The molecule has 0 aliphatic heterocycles. The molecular weight excluding hydrogens is 390 g/mol. The summed E-state index contributed by atoms with van der Waals surface area (Å²) in [6, 6.07) is 22.6. The first-order valence-corrected chi connectivity index (χ1v) is 10.1. The molecule has 0 spiro atoms. The predicted molar refractivity (Wildman–Crippen MR) is 119 cm³/mol. The number of esters is 1. The SMILES string of the molecule is CCOC(=O)c1cc(C(=O)c2ccc(OC)cc2)n2ccc(Cc3ccccc3)cc12. The number of pyridine rings is 1. The Bertz CT molecular complexity index is 1220. The Labute approximate surface area is 180 Å². The molecule has 0 fully saturated rings. The molecule has 2 aromatic carbocycles. The van der Waals surface area contributed by atoms with Crippen LogP contribution >= 0.6 is 0 Å². The second-order valence-electron chi connectivity index (χ2n) is 7.17. The largest absolute Gasteiger partial charge is 0.497 e. The Morgan fingerprint density at radius 1 is 0.903 bits per heavy atom. The Kier molecular flexibility index (Phi) is 5.85. The van der Waals surface area contributed by atoms with Gasteiger partial charge in [0.05, 0.1) is 30.5 Å². The molecule has 2 aromatic heterocycles. The zero-order valence-corrected chi connectivity index (χ0v) is 17.5. The van der Waals surface area contributed by atoms with Crippen molar-refractivity contribution in [2.24, 2.45) is 0 Å². The smallest absolute Gasteiger partial charge is 0.340 e. The maximum atomic E-state index is 13.2. The van der Waals surface area contributed by atoms with E-state index in [2.05, 4.69) is 12.1 Å². The average Bonchev–Trinajstić information content (AvgIpc) is 3.18. The van der Waals surface area contributed by atoms with Crippen molar-refractivity contribution < 1.29 is 19.1 Å². The van der Waals surface area contributed by atoms with Gasteiger partial charge in [0, 0.05) is 11.8 Å². The van der Waals surface area contributed by atoms with Crippen LogP contribution in [0, 0.1) is 0 Å². The van der Waals surface area contributed by atoms with Gasteiger partial charge in [-0.2, -0.15) is 0 Å². The summed E-state index contributed by atoms with van der Waals surface area (Å²) in [6.07, 6.45) is 2.57. The maximum absolute atomic E-state index is 13.2. The quantitative estimate of drug-likeness (QED) is 0.318. The molecule has 2 heterocycles. The number of hydrogen-bond donors (Lipinski definition) is 0. The van der Waals surface area contributed by atoms with Gasteiger partial charge in [-0.15, -0.1) is 0 Å². The fourth-order valence-electron chi connectivity index (χ4n) is 3.62. The molecule has 0 saturated carbocycles. The summed E-state index contributed by atoms with van der Waals surface area (Å²) < 4.78 is 12.2. The van der Waals surface area contributed by atoms with Crippen molar-refractivity contribution in [2.45, 2.75) is 13.3 Å².